The topological polar surface area (TPSA) is 6.48 Å². The zero-order chi connectivity index (χ0) is 38.7. The summed E-state index contributed by atoms with van der Waals surface area (Å²) in [4.78, 5) is 5.66. The highest BCUT2D eigenvalue weighted by atomic mass is 15.4. The Bertz CT molecular complexity index is 2500. The molecule has 2 nitrogen and oxygen atoms in total. The molecule has 0 N–H and O–H groups in total. The summed E-state index contributed by atoms with van der Waals surface area (Å²) < 4.78 is 0. The van der Waals surface area contributed by atoms with Crippen molar-refractivity contribution in [2.45, 2.75) is 110 Å². The summed E-state index contributed by atoms with van der Waals surface area (Å²) in [6, 6.07) is 43.2. The van der Waals surface area contributed by atoms with Crippen LogP contribution < -0.4 is 26.2 Å². The number of hydrogen-bond acceptors (Lipinski definition) is 2. The molecule has 0 saturated carbocycles. The van der Waals surface area contributed by atoms with Crippen molar-refractivity contribution in [2.24, 2.45) is 0 Å². The van der Waals surface area contributed by atoms with E-state index in [1.165, 1.54) is 100 Å². The molecule has 3 heteroatoms. The fraction of sp³-hybridized carbons (Fsp3) is 0.321. The van der Waals surface area contributed by atoms with Gasteiger partial charge in [-0.1, -0.05) is 195 Å². The van der Waals surface area contributed by atoms with E-state index < -0.39 is 0 Å². The molecule has 278 valence electrons. The number of para-hydroxylation sites is 2. The van der Waals surface area contributed by atoms with Crippen LogP contribution in [0, 0.1) is 0 Å². The van der Waals surface area contributed by atoms with Crippen LogP contribution in [0.1, 0.15) is 160 Å². The molecular weight excluding hydrogens is 675 g/mol. The first-order chi connectivity index (χ1) is 26.8. The largest absolute Gasteiger partial charge is 0.313 e. The van der Waals surface area contributed by atoms with Gasteiger partial charge in [0, 0.05) is 22.7 Å². The summed E-state index contributed by atoms with van der Waals surface area (Å²) in [5.41, 5.74) is 25.7. The quantitative estimate of drug-likeness (QED) is 0.167. The molecule has 6 aromatic carbocycles. The average Bonchev–Trinajstić information content (AvgIpc) is 3.55. The van der Waals surface area contributed by atoms with Crippen molar-refractivity contribution in [3.63, 3.8) is 0 Å². The van der Waals surface area contributed by atoms with Crippen LogP contribution in [-0.2, 0) is 10.8 Å². The van der Waals surface area contributed by atoms with E-state index in [9.17, 15) is 0 Å². The molecule has 0 aromatic heterocycles. The summed E-state index contributed by atoms with van der Waals surface area (Å²) in [5, 5.41) is 0. The summed E-state index contributed by atoms with van der Waals surface area (Å²) in [6.45, 7) is 24.6. The minimum atomic E-state index is -0.174. The summed E-state index contributed by atoms with van der Waals surface area (Å²) in [7, 11) is 0. The van der Waals surface area contributed by atoms with Gasteiger partial charge in [0.25, 0.3) is 0 Å². The highest BCUT2D eigenvalue weighted by Crippen LogP contribution is 2.66. The molecule has 0 amide bonds. The van der Waals surface area contributed by atoms with Crippen LogP contribution in [0.4, 0.5) is 22.7 Å². The third-order valence-electron chi connectivity index (χ3n) is 15.0. The number of rotatable bonds is 3. The molecule has 5 aliphatic heterocycles. The fourth-order valence-corrected chi connectivity index (χ4v) is 12.2. The maximum Gasteiger partial charge on any atom is 0.242 e. The molecule has 0 bridgehead atoms. The lowest BCUT2D eigenvalue weighted by atomic mass is 9.27. The Kier molecular flexibility index (Phi) is 6.92. The van der Waals surface area contributed by atoms with Crippen LogP contribution in [0.25, 0.3) is 0 Å². The van der Waals surface area contributed by atoms with Gasteiger partial charge in [0.2, 0.25) is 6.71 Å². The SMILES string of the molecule is CC(C)c1cccc2c1N1c3c(ccc4c3N(c3c(C(C)C)cccc3C4C)C1c1cc3c4c(c1)C(C)(C)c1ccccc1B4c1ccccc1C3(C)C)C2C. The molecular formula is C53H53BN2. The lowest BCUT2D eigenvalue weighted by Gasteiger charge is -2.48. The molecule has 0 fully saturated rings. The average molecular weight is 729 g/mol. The van der Waals surface area contributed by atoms with Gasteiger partial charge >= 0.3 is 0 Å². The molecule has 2 unspecified atom stereocenters. The van der Waals surface area contributed by atoms with Crippen molar-refractivity contribution in [1.82, 2.24) is 0 Å². The Morgan fingerprint density at radius 3 is 1.32 bits per heavy atom. The molecule has 56 heavy (non-hydrogen) atoms. The number of fused-ring (bicyclic) bond motifs is 8. The minimum Gasteiger partial charge on any atom is -0.313 e. The van der Waals surface area contributed by atoms with Crippen molar-refractivity contribution in [3.05, 3.63) is 170 Å². The van der Waals surface area contributed by atoms with Crippen molar-refractivity contribution < 1.29 is 0 Å². The van der Waals surface area contributed by atoms with Crippen molar-refractivity contribution in [1.29, 1.82) is 0 Å². The first kappa shape index (κ1) is 34.3. The first-order valence-corrected chi connectivity index (χ1v) is 21.2. The minimum absolute atomic E-state index is 0.0526. The monoisotopic (exact) mass is 728 g/mol. The van der Waals surface area contributed by atoms with Crippen LogP contribution in [0.15, 0.2) is 109 Å². The third kappa shape index (κ3) is 4.09. The van der Waals surface area contributed by atoms with E-state index in [2.05, 4.69) is 188 Å². The van der Waals surface area contributed by atoms with Crippen LogP contribution >= 0.6 is 0 Å². The van der Waals surface area contributed by atoms with Gasteiger partial charge < -0.3 is 9.80 Å². The van der Waals surface area contributed by atoms with E-state index in [0.717, 1.165) is 0 Å². The number of benzene rings is 6. The number of anilines is 4. The van der Waals surface area contributed by atoms with Gasteiger partial charge in [-0.15, -0.1) is 0 Å². The van der Waals surface area contributed by atoms with E-state index in [1.807, 2.05) is 0 Å². The number of hydrogen-bond donors (Lipinski definition) is 0. The van der Waals surface area contributed by atoms with Crippen molar-refractivity contribution in [2.75, 3.05) is 9.80 Å². The molecule has 0 spiro atoms. The van der Waals surface area contributed by atoms with Crippen molar-refractivity contribution >= 4 is 45.9 Å². The lowest BCUT2D eigenvalue weighted by Crippen LogP contribution is -2.66. The Labute approximate surface area is 334 Å². The second-order valence-corrected chi connectivity index (χ2v) is 19.3. The summed E-state index contributed by atoms with van der Waals surface area (Å²) in [5.74, 6) is 1.38. The molecule has 6 aromatic rings. The van der Waals surface area contributed by atoms with E-state index in [1.54, 1.807) is 0 Å². The maximum atomic E-state index is 2.83. The zero-order valence-corrected chi connectivity index (χ0v) is 34.8. The first-order valence-electron chi connectivity index (χ1n) is 21.2. The summed E-state index contributed by atoms with van der Waals surface area (Å²) in [6.07, 6.45) is -0.0526. The molecule has 0 aliphatic carbocycles. The standard InChI is InChI=1S/C53H53BN2/c1-29(2)34-17-15-19-36-31(5)38-25-26-39-32(6)37-20-16-18-35(30(3)4)48(37)56-50(39)49(38)55(47(34)36)51(56)33-27-42-46-43(28-33)53(9,10)41-22-12-14-24-45(41)54(46)44-23-13-11-21-40(44)52(42,7)8/h11-32,51H,1-10H3. The predicted molar refractivity (Wildman–Crippen MR) is 238 cm³/mol. The van der Waals surface area contributed by atoms with Gasteiger partial charge in [0.1, 0.15) is 6.17 Å². The Morgan fingerprint density at radius 1 is 0.482 bits per heavy atom. The van der Waals surface area contributed by atoms with Gasteiger partial charge in [-0.3, -0.25) is 0 Å². The summed E-state index contributed by atoms with van der Waals surface area (Å²) >= 11 is 0. The second kappa shape index (κ2) is 11.3. The van der Waals surface area contributed by atoms with Gasteiger partial charge in [0.05, 0.1) is 22.7 Å². The molecule has 5 aliphatic rings. The molecule has 5 heterocycles. The van der Waals surface area contributed by atoms with Crippen LogP contribution in [0.3, 0.4) is 0 Å². The van der Waals surface area contributed by atoms with Crippen molar-refractivity contribution in [3.8, 4) is 0 Å². The Balaban J connectivity index is 1.28. The third-order valence-corrected chi connectivity index (χ3v) is 15.0. The van der Waals surface area contributed by atoms with Crippen LogP contribution in [-0.4, -0.2) is 6.71 Å². The van der Waals surface area contributed by atoms with Gasteiger partial charge in [-0.2, -0.15) is 0 Å². The fourth-order valence-electron chi connectivity index (χ4n) is 12.2. The number of nitrogens with zero attached hydrogens (tertiary/aromatic N) is 2. The lowest BCUT2D eigenvalue weighted by molar-refractivity contribution is 0.613. The molecule has 11 rings (SSSR count). The van der Waals surface area contributed by atoms with Crippen LogP contribution in [0.5, 0.6) is 0 Å². The zero-order valence-electron chi connectivity index (χ0n) is 34.8. The smallest absolute Gasteiger partial charge is 0.242 e. The Morgan fingerprint density at radius 2 is 0.893 bits per heavy atom. The van der Waals surface area contributed by atoms with Gasteiger partial charge in [0.15, 0.2) is 0 Å². The molecule has 2 atom stereocenters. The van der Waals surface area contributed by atoms with E-state index in [-0.39, 0.29) is 23.7 Å². The normalized spacial score (nSPS) is 21.0. The van der Waals surface area contributed by atoms with Crippen LogP contribution in [0.2, 0.25) is 0 Å². The second-order valence-electron chi connectivity index (χ2n) is 19.3. The van der Waals surface area contributed by atoms with Gasteiger partial charge in [-0.25, -0.2) is 0 Å². The predicted octanol–water partition coefficient (Wildman–Crippen LogP) is 11.6. The Hall–Kier alpha value is -5.02. The van der Waals surface area contributed by atoms with E-state index in [0.29, 0.717) is 23.7 Å². The van der Waals surface area contributed by atoms with E-state index >= 15 is 0 Å². The maximum absolute atomic E-state index is 2.83. The van der Waals surface area contributed by atoms with Gasteiger partial charge in [-0.05, 0) is 73.0 Å². The molecule has 0 radical (unpaired) electrons. The highest BCUT2D eigenvalue weighted by Gasteiger charge is 2.53. The molecule has 0 saturated heterocycles. The highest BCUT2D eigenvalue weighted by molar-refractivity contribution is 6.97. The van der Waals surface area contributed by atoms with E-state index in [4.69, 9.17) is 0 Å².